The number of amides is 1. The Morgan fingerprint density at radius 2 is 1.90 bits per heavy atom. The molecule has 0 fully saturated rings. The van der Waals surface area contributed by atoms with E-state index in [0.717, 1.165) is 38.8 Å². The Labute approximate surface area is 172 Å². The SMILES string of the molecule is COc1ccc(-c2cc3c(SCC(=O)Nc4ccc(C)cc4)nccn3n2)cc1. The zero-order chi connectivity index (χ0) is 20.2. The average molecular weight is 404 g/mol. The van der Waals surface area contributed by atoms with E-state index in [4.69, 9.17) is 4.74 Å². The van der Waals surface area contributed by atoms with E-state index in [1.165, 1.54) is 11.8 Å². The Morgan fingerprint density at radius 3 is 2.62 bits per heavy atom. The number of hydrogen-bond acceptors (Lipinski definition) is 5. The number of benzene rings is 2. The summed E-state index contributed by atoms with van der Waals surface area (Å²) < 4.78 is 6.99. The maximum Gasteiger partial charge on any atom is 0.234 e. The molecule has 0 aliphatic carbocycles. The van der Waals surface area contributed by atoms with Crippen LogP contribution in [0.25, 0.3) is 16.8 Å². The molecular formula is C22H20N4O2S. The number of rotatable bonds is 6. The molecule has 2 aromatic heterocycles. The van der Waals surface area contributed by atoms with Gasteiger partial charge >= 0.3 is 0 Å². The average Bonchev–Trinajstić information content (AvgIpc) is 3.19. The third-order valence-corrected chi connectivity index (χ3v) is 5.41. The molecule has 0 saturated carbocycles. The van der Waals surface area contributed by atoms with Gasteiger partial charge in [-0.1, -0.05) is 29.5 Å². The molecule has 1 amide bonds. The molecule has 0 unspecified atom stereocenters. The van der Waals surface area contributed by atoms with Crippen molar-refractivity contribution in [3.63, 3.8) is 0 Å². The molecule has 0 spiro atoms. The molecule has 6 nitrogen and oxygen atoms in total. The molecule has 1 N–H and O–H groups in total. The molecule has 0 bridgehead atoms. The largest absolute Gasteiger partial charge is 0.497 e. The normalized spacial score (nSPS) is 10.8. The lowest BCUT2D eigenvalue weighted by molar-refractivity contribution is -0.113. The molecule has 0 aliphatic heterocycles. The second kappa shape index (κ2) is 8.36. The van der Waals surface area contributed by atoms with Gasteiger partial charge in [0.05, 0.1) is 24.1 Å². The van der Waals surface area contributed by atoms with Gasteiger partial charge in [-0.25, -0.2) is 9.50 Å². The van der Waals surface area contributed by atoms with Crippen molar-refractivity contribution in [1.29, 1.82) is 0 Å². The number of anilines is 1. The maximum atomic E-state index is 12.3. The Kier molecular flexibility index (Phi) is 5.48. The molecule has 146 valence electrons. The maximum absolute atomic E-state index is 12.3. The molecule has 2 heterocycles. The second-order valence-corrected chi connectivity index (χ2v) is 7.49. The monoisotopic (exact) mass is 404 g/mol. The molecule has 2 aromatic carbocycles. The van der Waals surface area contributed by atoms with Crippen molar-refractivity contribution in [2.75, 3.05) is 18.2 Å². The number of methoxy groups -OCH3 is 1. The topological polar surface area (TPSA) is 68.5 Å². The number of aromatic nitrogens is 3. The first kappa shape index (κ1) is 19.0. The molecule has 7 heteroatoms. The summed E-state index contributed by atoms with van der Waals surface area (Å²) in [5.41, 5.74) is 4.64. The minimum absolute atomic E-state index is 0.0717. The van der Waals surface area contributed by atoms with Crippen LogP contribution in [-0.4, -0.2) is 33.4 Å². The minimum Gasteiger partial charge on any atom is -0.497 e. The highest BCUT2D eigenvalue weighted by molar-refractivity contribution is 8.00. The summed E-state index contributed by atoms with van der Waals surface area (Å²) in [5.74, 6) is 0.997. The van der Waals surface area contributed by atoms with Crippen LogP contribution in [0.5, 0.6) is 5.75 Å². The van der Waals surface area contributed by atoms with Crippen molar-refractivity contribution < 1.29 is 9.53 Å². The number of aryl methyl sites for hydroxylation is 1. The number of carbonyl (C=O) groups is 1. The smallest absolute Gasteiger partial charge is 0.234 e. The molecule has 0 radical (unpaired) electrons. The summed E-state index contributed by atoms with van der Waals surface area (Å²) in [5, 5.41) is 8.29. The lowest BCUT2D eigenvalue weighted by atomic mass is 10.1. The standard InChI is InChI=1S/C22H20N4O2S/c1-15-3-7-17(8-4-15)24-21(27)14-29-22-20-13-19(25-26(20)12-11-23-22)16-5-9-18(28-2)10-6-16/h3-13H,14H2,1-2H3,(H,24,27). The van der Waals surface area contributed by atoms with E-state index in [2.05, 4.69) is 15.4 Å². The number of hydrogen-bond donors (Lipinski definition) is 1. The highest BCUT2D eigenvalue weighted by atomic mass is 32.2. The van der Waals surface area contributed by atoms with Crippen molar-refractivity contribution in [3.8, 4) is 17.0 Å². The van der Waals surface area contributed by atoms with Crippen LogP contribution in [0.15, 0.2) is 72.0 Å². The number of nitrogens with zero attached hydrogens (tertiary/aromatic N) is 3. The van der Waals surface area contributed by atoms with Gasteiger partial charge in [-0.2, -0.15) is 5.10 Å². The van der Waals surface area contributed by atoms with Gasteiger partial charge in [0.15, 0.2) is 0 Å². The fourth-order valence-corrected chi connectivity index (χ4v) is 3.66. The first-order valence-electron chi connectivity index (χ1n) is 9.10. The van der Waals surface area contributed by atoms with Gasteiger partial charge in [-0.05, 0) is 49.4 Å². The van der Waals surface area contributed by atoms with Crippen LogP contribution in [0.3, 0.4) is 0 Å². The van der Waals surface area contributed by atoms with Crippen molar-refractivity contribution in [2.24, 2.45) is 0 Å². The van der Waals surface area contributed by atoms with Crippen LogP contribution >= 0.6 is 11.8 Å². The summed E-state index contributed by atoms with van der Waals surface area (Å²) in [4.78, 5) is 16.7. The number of thioether (sulfide) groups is 1. The van der Waals surface area contributed by atoms with Gasteiger partial charge in [0.2, 0.25) is 5.91 Å². The van der Waals surface area contributed by atoms with E-state index in [0.29, 0.717) is 0 Å². The molecule has 0 atom stereocenters. The summed E-state index contributed by atoms with van der Waals surface area (Å²) in [6, 6.07) is 17.5. The van der Waals surface area contributed by atoms with Crippen molar-refractivity contribution in [1.82, 2.24) is 14.6 Å². The number of nitrogens with one attached hydrogen (secondary N) is 1. The van der Waals surface area contributed by atoms with Crippen LogP contribution < -0.4 is 10.1 Å². The summed E-state index contributed by atoms with van der Waals surface area (Å²) in [6.45, 7) is 2.01. The van der Waals surface area contributed by atoms with E-state index >= 15 is 0 Å². The third kappa shape index (κ3) is 4.41. The van der Waals surface area contributed by atoms with E-state index in [1.807, 2.05) is 61.5 Å². The Balaban J connectivity index is 1.49. The Bertz CT molecular complexity index is 1140. The minimum atomic E-state index is -0.0717. The molecule has 0 saturated heterocycles. The molecular weight excluding hydrogens is 384 g/mol. The lowest BCUT2D eigenvalue weighted by Gasteiger charge is -2.06. The fourth-order valence-electron chi connectivity index (χ4n) is 2.88. The summed E-state index contributed by atoms with van der Waals surface area (Å²) in [6.07, 6.45) is 3.50. The van der Waals surface area contributed by atoms with Gasteiger partial charge in [-0.15, -0.1) is 0 Å². The van der Waals surface area contributed by atoms with E-state index in [9.17, 15) is 4.79 Å². The van der Waals surface area contributed by atoms with Crippen molar-refractivity contribution in [3.05, 3.63) is 72.6 Å². The Morgan fingerprint density at radius 1 is 1.14 bits per heavy atom. The van der Waals surface area contributed by atoms with Gasteiger partial charge in [0.25, 0.3) is 0 Å². The van der Waals surface area contributed by atoms with E-state index in [1.54, 1.807) is 24.0 Å². The van der Waals surface area contributed by atoms with Crippen LogP contribution in [-0.2, 0) is 4.79 Å². The van der Waals surface area contributed by atoms with Crippen LogP contribution in [0.1, 0.15) is 5.56 Å². The Hall–Kier alpha value is -3.32. The zero-order valence-corrected chi connectivity index (χ0v) is 16.9. The van der Waals surface area contributed by atoms with Crippen molar-refractivity contribution in [2.45, 2.75) is 11.9 Å². The highest BCUT2D eigenvalue weighted by Gasteiger charge is 2.12. The lowest BCUT2D eigenvalue weighted by Crippen LogP contribution is -2.14. The summed E-state index contributed by atoms with van der Waals surface area (Å²) >= 11 is 1.39. The van der Waals surface area contributed by atoms with Gasteiger partial charge in [-0.3, -0.25) is 4.79 Å². The number of carbonyl (C=O) groups excluding carboxylic acids is 1. The molecule has 4 aromatic rings. The van der Waals surface area contributed by atoms with E-state index in [-0.39, 0.29) is 11.7 Å². The molecule has 4 rings (SSSR count). The van der Waals surface area contributed by atoms with Crippen LogP contribution in [0, 0.1) is 6.92 Å². The highest BCUT2D eigenvalue weighted by Crippen LogP contribution is 2.27. The van der Waals surface area contributed by atoms with Gasteiger partial charge in [0, 0.05) is 23.6 Å². The quantitative estimate of drug-likeness (QED) is 0.481. The third-order valence-electron chi connectivity index (χ3n) is 4.42. The first-order valence-corrected chi connectivity index (χ1v) is 10.1. The molecule has 29 heavy (non-hydrogen) atoms. The second-order valence-electron chi connectivity index (χ2n) is 6.52. The zero-order valence-electron chi connectivity index (χ0n) is 16.1. The molecule has 0 aliphatic rings. The predicted octanol–water partition coefficient (Wildman–Crippen LogP) is 4.44. The first-order chi connectivity index (χ1) is 14.1. The number of fused-ring (bicyclic) bond motifs is 1. The van der Waals surface area contributed by atoms with Crippen LogP contribution in [0.2, 0.25) is 0 Å². The predicted molar refractivity (Wildman–Crippen MR) is 116 cm³/mol. The van der Waals surface area contributed by atoms with E-state index < -0.39 is 0 Å². The number of ether oxygens (including phenoxy) is 1. The van der Waals surface area contributed by atoms with Gasteiger partial charge < -0.3 is 10.1 Å². The summed E-state index contributed by atoms with van der Waals surface area (Å²) in [7, 11) is 1.64. The van der Waals surface area contributed by atoms with Crippen LogP contribution in [0.4, 0.5) is 5.69 Å². The van der Waals surface area contributed by atoms with Gasteiger partial charge in [0.1, 0.15) is 10.8 Å². The fraction of sp³-hybridized carbons (Fsp3) is 0.136. The van der Waals surface area contributed by atoms with Crippen molar-refractivity contribution >= 4 is 28.9 Å².